The zero-order valence-electron chi connectivity index (χ0n) is 8.30. The van der Waals surface area contributed by atoms with Crippen LogP contribution in [0.3, 0.4) is 0 Å². The van der Waals surface area contributed by atoms with E-state index in [1.807, 2.05) is 12.1 Å². The van der Waals surface area contributed by atoms with Crippen LogP contribution in [0.15, 0.2) is 29.2 Å². The molecule has 1 aromatic rings. The third-order valence-electron chi connectivity index (χ3n) is 2.83. The first-order valence-corrected chi connectivity index (χ1v) is 5.73. The largest absolute Gasteiger partial charge is 0.479 e. The number of carboxylic acid groups (broad SMARTS) is 1. The van der Waals surface area contributed by atoms with Crippen molar-refractivity contribution >= 4 is 17.7 Å². The minimum absolute atomic E-state index is 0.283. The molecule has 0 spiro atoms. The molecule has 2 N–H and O–H groups in total. The van der Waals surface area contributed by atoms with Crippen LogP contribution in [0, 0.1) is 5.92 Å². The maximum atomic E-state index is 11.2. The minimum Gasteiger partial charge on any atom is -0.479 e. The minimum atomic E-state index is -1.73. The molecular formula is C11H12O3S. The summed E-state index contributed by atoms with van der Waals surface area (Å²) < 4.78 is 0. The Morgan fingerprint density at radius 3 is 2.87 bits per heavy atom. The van der Waals surface area contributed by atoms with Gasteiger partial charge in [0.05, 0.1) is 0 Å². The summed E-state index contributed by atoms with van der Waals surface area (Å²) in [4.78, 5) is 12.1. The number of fused-ring (bicyclic) bond motifs is 1. The summed E-state index contributed by atoms with van der Waals surface area (Å²) >= 11 is 1.59. The van der Waals surface area contributed by atoms with Crippen LogP contribution in [0.4, 0.5) is 0 Å². The van der Waals surface area contributed by atoms with E-state index in [9.17, 15) is 9.90 Å². The molecule has 4 heteroatoms. The van der Waals surface area contributed by atoms with Gasteiger partial charge in [-0.15, -0.1) is 11.8 Å². The summed E-state index contributed by atoms with van der Waals surface area (Å²) in [5.74, 6) is -0.822. The molecule has 1 aliphatic rings. The first-order valence-electron chi connectivity index (χ1n) is 4.75. The SMILES string of the molecule is CC1CSc2ccccc2C1(O)C(=O)O. The van der Waals surface area contributed by atoms with E-state index in [-0.39, 0.29) is 5.92 Å². The van der Waals surface area contributed by atoms with Crippen LogP contribution >= 0.6 is 11.8 Å². The molecule has 0 radical (unpaired) electrons. The second kappa shape index (κ2) is 3.54. The zero-order valence-corrected chi connectivity index (χ0v) is 9.12. The summed E-state index contributed by atoms with van der Waals surface area (Å²) in [6.45, 7) is 1.76. The molecule has 0 saturated heterocycles. The first kappa shape index (κ1) is 10.5. The summed E-state index contributed by atoms with van der Waals surface area (Å²) in [5, 5.41) is 19.4. The van der Waals surface area contributed by atoms with Crippen LogP contribution in [0.1, 0.15) is 12.5 Å². The van der Waals surface area contributed by atoms with Gasteiger partial charge >= 0.3 is 5.97 Å². The van der Waals surface area contributed by atoms with Crippen LogP contribution in [-0.2, 0) is 10.4 Å². The lowest BCUT2D eigenvalue weighted by Crippen LogP contribution is -2.45. The van der Waals surface area contributed by atoms with Crippen molar-refractivity contribution in [2.45, 2.75) is 17.4 Å². The maximum absolute atomic E-state index is 11.2. The first-order chi connectivity index (χ1) is 7.06. The van der Waals surface area contributed by atoms with Gasteiger partial charge in [0.2, 0.25) is 0 Å². The Morgan fingerprint density at radius 2 is 2.20 bits per heavy atom. The third kappa shape index (κ3) is 1.44. The van der Waals surface area contributed by atoms with Gasteiger partial charge in [-0.05, 0) is 6.07 Å². The van der Waals surface area contributed by atoms with Gasteiger partial charge in [0.25, 0.3) is 0 Å². The fourth-order valence-electron chi connectivity index (χ4n) is 1.83. The van der Waals surface area contributed by atoms with Crippen molar-refractivity contribution < 1.29 is 15.0 Å². The zero-order chi connectivity index (χ0) is 11.1. The second-order valence-corrected chi connectivity index (χ2v) is 4.84. The molecule has 2 atom stereocenters. The molecule has 0 saturated carbocycles. The molecule has 0 bridgehead atoms. The highest BCUT2D eigenvalue weighted by atomic mass is 32.2. The van der Waals surface area contributed by atoms with Gasteiger partial charge in [0.15, 0.2) is 5.60 Å². The number of aliphatic hydroxyl groups is 1. The van der Waals surface area contributed by atoms with E-state index in [2.05, 4.69) is 0 Å². The Labute approximate surface area is 92.1 Å². The lowest BCUT2D eigenvalue weighted by Gasteiger charge is -2.35. The highest BCUT2D eigenvalue weighted by Crippen LogP contribution is 2.43. The van der Waals surface area contributed by atoms with E-state index in [0.717, 1.165) is 4.90 Å². The van der Waals surface area contributed by atoms with Gasteiger partial charge in [0.1, 0.15) is 0 Å². The molecule has 0 aliphatic carbocycles. The number of hydrogen-bond acceptors (Lipinski definition) is 3. The van der Waals surface area contributed by atoms with Crippen LogP contribution < -0.4 is 0 Å². The quantitative estimate of drug-likeness (QED) is 0.762. The third-order valence-corrected chi connectivity index (χ3v) is 4.16. The van der Waals surface area contributed by atoms with Gasteiger partial charge in [0, 0.05) is 22.1 Å². The number of thioether (sulfide) groups is 1. The lowest BCUT2D eigenvalue weighted by molar-refractivity contribution is -0.165. The number of carbonyl (C=O) groups is 1. The summed E-state index contributed by atoms with van der Waals surface area (Å²) in [6, 6.07) is 7.14. The van der Waals surface area contributed by atoms with Crippen LogP contribution in [0.5, 0.6) is 0 Å². The highest BCUT2D eigenvalue weighted by molar-refractivity contribution is 7.99. The standard InChI is InChI=1S/C11H12O3S/c1-7-6-15-9-5-3-2-4-8(9)11(7,14)10(12)13/h2-5,7,14H,6H2,1H3,(H,12,13). The molecular weight excluding hydrogens is 212 g/mol. The van der Waals surface area contributed by atoms with Gasteiger partial charge in [-0.3, -0.25) is 0 Å². The van der Waals surface area contributed by atoms with Crippen molar-refractivity contribution in [1.82, 2.24) is 0 Å². The van der Waals surface area contributed by atoms with Gasteiger partial charge < -0.3 is 10.2 Å². The fraction of sp³-hybridized carbons (Fsp3) is 0.364. The number of rotatable bonds is 1. The predicted molar refractivity (Wildman–Crippen MR) is 57.9 cm³/mol. The molecule has 1 heterocycles. The number of aliphatic carboxylic acids is 1. The van der Waals surface area contributed by atoms with Crippen molar-refractivity contribution in [3.8, 4) is 0 Å². The number of carboxylic acids is 1. The topological polar surface area (TPSA) is 57.5 Å². The Hall–Kier alpha value is -1.00. The number of benzene rings is 1. The molecule has 1 aliphatic heterocycles. The Balaban J connectivity index is 2.60. The average Bonchev–Trinajstić information content (AvgIpc) is 2.23. The molecule has 2 rings (SSSR count). The van der Waals surface area contributed by atoms with Crippen molar-refractivity contribution in [1.29, 1.82) is 0 Å². The van der Waals surface area contributed by atoms with Crippen LogP contribution in [0.25, 0.3) is 0 Å². The van der Waals surface area contributed by atoms with Crippen molar-refractivity contribution in [2.75, 3.05) is 5.75 Å². The van der Waals surface area contributed by atoms with Gasteiger partial charge in [-0.25, -0.2) is 4.79 Å². The number of hydrogen-bond donors (Lipinski definition) is 2. The monoisotopic (exact) mass is 224 g/mol. The maximum Gasteiger partial charge on any atom is 0.340 e. The lowest BCUT2D eigenvalue weighted by atomic mass is 9.83. The molecule has 3 nitrogen and oxygen atoms in total. The van der Waals surface area contributed by atoms with Gasteiger partial charge in [-0.1, -0.05) is 25.1 Å². The van der Waals surface area contributed by atoms with E-state index >= 15 is 0 Å². The molecule has 0 amide bonds. The highest BCUT2D eigenvalue weighted by Gasteiger charge is 2.47. The van der Waals surface area contributed by atoms with E-state index in [0.29, 0.717) is 11.3 Å². The van der Waals surface area contributed by atoms with E-state index in [1.165, 1.54) is 0 Å². The normalized spacial score (nSPS) is 29.6. The van der Waals surface area contributed by atoms with Crippen LogP contribution in [0.2, 0.25) is 0 Å². The molecule has 1 aromatic carbocycles. The van der Waals surface area contributed by atoms with Crippen molar-refractivity contribution in [3.05, 3.63) is 29.8 Å². The molecule has 15 heavy (non-hydrogen) atoms. The summed E-state index contributed by atoms with van der Waals surface area (Å²) in [6.07, 6.45) is 0. The summed E-state index contributed by atoms with van der Waals surface area (Å²) in [5.41, 5.74) is -1.22. The smallest absolute Gasteiger partial charge is 0.340 e. The second-order valence-electron chi connectivity index (χ2n) is 3.78. The average molecular weight is 224 g/mol. The van der Waals surface area contributed by atoms with E-state index in [4.69, 9.17) is 5.11 Å². The van der Waals surface area contributed by atoms with Crippen LogP contribution in [-0.4, -0.2) is 21.9 Å². The van der Waals surface area contributed by atoms with Crippen molar-refractivity contribution in [2.24, 2.45) is 5.92 Å². The molecule has 2 unspecified atom stereocenters. The Bertz CT molecular complexity index is 405. The molecule has 80 valence electrons. The Morgan fingerprint density at radius 1 is 1.53 bits per heavy atom. The molecule has 0 aromatic heterocycles. The predicted octanol–water partition coefficient (Wildman–Crippen LogP) is 1.70. The Kier molecular flexibility index (Phi) is 2.48. The van der Waals surface area contributed by atoms with E-state index < -0.39 is 11.6 Å². The molecule has 0 fully saturated rings. The van der Waals surface area contributed by atoms with E-state index in [1.54, 1.807) is 30.8 Å². The van der Waals surface area contributed by atoms with Gasteiger partial charge in [-0.2, -0.15) is 0 Å². The summed E-state index contributed by atoms with van der Waals surface area (Å²) in [7, 11) is 0. The van der Waals surface area contributed by atoms with Crippen molar-refractivity contribution in [3.63, 3.8) is 0 Å². The fourth-order valence-corrected chi connectivity index (χ4v) is 3.06.